The van der Waals surface area contributed by atoms with Crippen molar-refractivity contribution in [2.75, 3.05) is 11.9 Å². The minimum absolute atomic E-state index is 0.0489. The third-order valence-corrected chi connectivity index (χ3v) is 5.20. The van der Waals surface area contributed by atoms with Crippen LogP contribution >= 0.6 is 0 Å². The second-order valence-electron chi connectivity index (χ2n) is 8.94. The van der Waals surface area contributed by atoms with Gasteiger partial charge in [0.05, 0.1) is 5.69 Å². The van der Waals surface area contributed by atoms with Crippen LogP contribution in [0.3, 0.4) is 0 Å². The maximum atomic E-state index is 12.4. The van der Waals surface area contributed by atoms with Gasteiger partial charge in [-0.1, -0.05) is 64.4 Å². The molecule has 0 atom stereocenters. The number of alkyl halides is 3. The summed E-state index contributed by atoms with van der Waals surface area (Å²) in [6.07, 6.45) is -2.61. The lowest BCUT2D eigenvalue weighted by molar-refractivity contribution is -0.274. The number of rotatable bonds is 8. The lowest BCUT2D eigenvalue weighted by Crippen LogP contribution is -2.16. The van der Waals surface area contributed by atoms with Crippen LogP contribution in [0.5, 0.6) is 17.2 Å². The Morgan fingerprint density at radius 2 is 1.39 bits per heavy atom. The van der Waals surface area contributed by atoms with Gasteiger partial charge in [-0.3, -0.25) is 0 Å². The maximum Gasteiger partial charge on any atom is 0.573 e. The summed E-state index contributed by atoms with van der Waals surface area (Å²) in [5.74, 6) is 1.12. The molecule has 0 amide bonds. The molecule has 0 bridgehead atoms. The van der Waals surface area contributed by atoms with Gasteiger partial charge < -0.3 is 14.8 Å². The van der Waals surface area contributed by atoms with E-state index in [1.165, 1.54) is 17.7 Å². The van der Waals surface area contributed by atoms with Crippen molar-refractivity contribution in [2.24, 2.45) is 0 Å². The highest BCUT2D eigenvalue weighted by atomic mass is 19.4. The van der Waals surface area contributed by atoms with Gasteiger partial charge in [-0.25, -0.2) is 0 Å². The van der Waals surface area contributed by atoms with Crippen LogP contribution in [0.4, 0.5) is 18.9 Å². The molecule has 6 heteroatoms. The van der Waals surface area contributed by atoms with Gasteiger partial charge in [0.1, 0.15) is 11.5 Å². The van der Waals surface area contributed by atoms with E-state index in [0.717, 1.165) is 36.2 Å². The van der Waals surface area contributed by atoms with Crippen molar-refractivity contribution < 1.29 is 22.6 Å². The van der Waals surface area contributed by atoms with Gasteiger partial charge in [-0.05, 0) is 64.9 Å². The molecule has 0 aliphatic heterocycles. The van der Waals surface area contributed by atoms with Crippen LogP contribution in [0.25, 0.3) is 11.1 Å². The van der Waals surface area contributed by atoms with E-state index in [4.69, 9.17) is 4.74 Å². The van der Waals surface area contributed by atoms with Crippen LogP contribution in [-0.2, 0) is 5.41 Å². The van der Waals surface area contributed by atoms with Gasteiger partial charge in [0.15, 0.2) is 5.75 Å². The Morgan fingerprint density at radius 3 is 1.97 bits per heavy atom. The molecule has 0 spiro atoms. The molecule has 0 radical (unpaired) electrons. The fraction of sp³-hybridized carbons (Fsp3) is 0.333. The first kappa shape index (κ1) is 24.5. The monoisotopic (exact) mass is 457 g/mol. The average molecular weight is 458 g/mol. The van der Waals surface area contributed by atoms with Gasteiger partial charge in [0.25, 0.3) is 0 Å². The first-order valence-corrected chi connectivity index (χ1v) is 11.1. The van der Waals surface area contributed by atoms with Gasteiger partial charge in [-0.2, -0.15) is 0 Å². The van der Waals surface area contributed by atoms with E-state index in [1.807, 2.05) is 30.3 Å². The summed E-state index contributed by atoms with van der Waals surface area (Å²) in [7, 11) is 0. The zero-order chi connectivity index (χ0) is 24.1. The Bertz CT molecular complexity index is 1040. The summed E-state index contributed by atoms with van der Waals surface area (Å²) >= 11 is 0. The van der Waals surface area contributed by atoms with Crippen molar-refractivity contribution in [1.29, 1.82) is 0 Å². The molecule has 3 aromatic carbocycles. The largest absolute Gasteiger partial charge is 0.573 e. The zero-order valence-corrected chi connectivity index (χ0v) is 19.4. The number of hydrogen-bond acceptors (Lipinski definition) is 3. The lowest BCUT2D eigenvalue weighted by atomic mass is 9.87. The molecule has 3 rings (SSSR count). The normalized spacial score (nSPS) is 11.8. The molecule has 0 aliphatic rings. The molecule has 0 unspecified atom stereocenters. The van der Waals surface area contributed by atoms with Crippen molar-refractivity contribution in [3.63, 3.8) is 0 Å². The Labute approximate surface area is 193 Å². The van der Waals surface area contributed by atoms with Crippen LogP contribution in [0.15, 0.2) is 66.7 Å². The van der Waals surface area contributed by atoms with Crippen molar-refractivity contribution >= 4 is 5.69 Å². The van der Waals surface area contributed by atoms with Crippen LogP contribution in [0, 0.1) is 0 Å². The summed E-state index contributed by atoms with van der Waals surface area (Å²) in [5.41, 5.74) is 3.72. The lowest BCUT2D eigenvalue weighted by Gasteiger charge is -2.19. The van der Waals surface area contributed by atoms with Gasteiger partial charge in [0, 0.05) is 6.54 Å². The van der Waals surface area contributed by atoms with E-state index in [9.17, 15) is 13.2 Å². The van der Waals surface area contributed by atoms with Crippen molar-refractivity contribution in [2.45, 2.75) is 52.3 Å². The van der Waals surface area contributed by atoms with Crippen LogP contribution < -0.4 is 14.8 Å². The molecule has 3 aromatic rings. The van der Waals surface area contributed by atoms with E-state index in [0.29, 0.717) is 11.5 Å². The van der Waals surface area contributed by atoms with Crippen molar-refractivity contribution in [3.8, 4) is 28.4 Å². The van der Waals surface area contributed by atoms with Crippen LogP contribution in [0.1, 0.15) is 46.1 Å². The number of halogens is 3. The smallest absolute Gasteiger partial charge is 0.455 e. The summed E-state index contributed by atoms with van der Waals surface area (Å²) in [5, 5.41) is 3.41. The Kier molecular flexibility index (Phi) is 7.57. The molecule has 0 saturated carbocycles. The summed E-state index contributed by atoms with van der Waals surface area (Å²) in [6.45, 7) is 9.43. The topological polar surface area (TPSA) is 30.5 Å². The highest BCUT2D eigenvalue weighted by Crippen LogP contribution is 2.36. The van der Waals surface area contributed by atoms with Crippen molar-refractivity contribution in [1.82, 2.24) is 0 Å². The zero-order valence-electron chi connectivity index (χ0n) is 19.4. The second-order valence-corrected chi connectivity index (χ2v) is 8.94. The van der Waals surface area contributed by atoms with Crippen LogP contribution in [-0.4, -0.2) is 12.9 Å². The van der Waals surface area contributed by atoms with Gasteiger partial charge in [-0.15, -0.1) is 13.2 Å². The van der Waals surface area contributed by atoms with Crippen molar-refractivity contribution in [3.05, 3.63) is 72.3 Å². The molecule has 0 aliphatic carbocycles. The minimum atomic E-state index is -4.71. The predicted molar refractivity (Wildman–Crippen MR) is 127 cm³/mol. The van der Waals surface area contributed by atoms with E-state index in [1.54, 1.807) is 12.1 Å². The quantitative estimate of drug-likeness (QED) is 0.344. The molecular weight excluding hydrogens is 427 g/mol. The molecule has 0 fully saturated rings. The standard InChI is InChI=1S/C27H30F3NO2/c1-5-6-17-31-24-16-9-20(19-7-12-23(13-8-19)33-27(28,29)30)18-25(24)32-22-14-10-21(11-15-22)26(2,3)4/h7-16,18,31H,5-6,17H2,1-4H3. The third kappa shape index (κ3) is 7.17. The van der Waals surface area contributed by atoms with E-state index in [-0.39, 0.29) is 11.2 Å². The maximum absolute atomic E-state index is 12.4. The molecule has 3 nitrogen and oxygen atoms in total. The van der Waals surface area contributed by atoms with Crippen LogP contribution in [0.2, 0.25) is 0 Å². The Hall–Kier alpha value is -3.15. The first-order chi connectivity index (χ1) is 15.5. The number of benzene rings is 3. The summed E-state index contributed by atoms with van der Waals surface area (Å²) in [4.78, 5) is 0. The molecule has 0 aromatic heterocycles. The summed E-state index contributed by atoms with van der Waals surface area (Å²) < 4.78 is 47.5. The molecule has 33 heavy (non-hydrogen) atoms. The van der Waals surface area contributed by atoms with Gasteiger partial charge in [0.2, 0.25) is 0 Å². The molecule has 1 N–H and O–H groups in total. The van der Waals surface area contributed by atoms with Gasteiger partial charge >= 0.3 is 6.36 Å². The molecule has 0 saturated heterocycles. The van der Waals surface area contributed by atoms with E-state index < -0.39 is 6.36 Å². The Balaban J connectivity index is 1.87. The fourth-order valence-electron chi connectivity index (χ4n) is 3.33. The third-order valence-electron chi connectivity index (χ3n) is 5.20. The SMILES string of the molecule is CCCCNc1ccc(-c2ccc(OC(F)(F)F)cc2)cc1Oc1ccc(C(C)(C)C)cc1. The number of ether oxygens (including phenoxy) is 2. The average Bonchev–Trinajstić information content (AvgIpc) is 2.74. The van der Waals surface area contributed by atoms with E-state index >= 15 is 0 Å². The first-order valence-electron chi connectivity index (χ1n) is 11.1. The number of nitrogens with one attached hydrogen (secondary N) is 1. The highest BCUT2D eigenvalue weighted by Gasteiger charge is 2.31. The second kappa shape index (κ2) is 10.2. The number of hydrogen-bond donors (Lipinski definition) is 1. The predicted octanol–water partition coefficient (Wildman–Crippen LogP) is 8.55. The number of unbranched alkanes of at least 4 members (excludes halogenated alkanes) is 1. The number of anilines is 1. The Morgan fingerprint density at radius 1 is 0.788 bits per heavy atom. The highest BCUT2D eigenvalue weighted by molar-refractivity contribution is 5.71. The fourth-order valence-corrected chi connectivity index (χ4v) is 3.33. The molecular formula is C27H30F3NO2. The summed E-state index contributed by atoms with van der Waals surface area (Å²) in [6, 6.07) is 19.6. The molecule has 176 valence electrons. The van der Waals surface area contributed by atoms with E-state index in [2.05, 4.69) is 49.9 Å². The molecule has 0 heterocycles. The minimum Gasteiger partial charge on any atom is -0.455 e.